The van der Waals surface area contributed by atoms with Crippen LogP contribution >= 0.6 is 11.6 Å². The minimum absolute atomic E-state index is 0.0189. The van der Waals surface area contributed by atoms with E-state index >= 15 is 0 Å². The molecule has 222 valence electrons. The van der Waals surface area contributed by atoms with Crippen LogP contribution in [0.2, 0.25) is 5.02 Å². The van der Waals surface area contributed by atoms with Gasteiger partial charge in [-0.1, -0.05) is 37.6 Å². The lowest BCUT2D eigenvalue weighted by molar-refractivity contribution is -0.149. The fourth-order valence-electron chi connectivity index (χ4n) is 8.22. The molecule has 1 aliphatic heterocycles. The maximum absolute atomic E-state index is 13.6. The fourth-order valence-corrected chi connectivity index (χ4v) is 8.46. The molecule has 1 saturated heterocycles. The van der Waals surface area contributed by atoms with Gasteiger partial charge < -0.3 is 26.2 Å². The van der Waals surface area contributed by atoms with E-state index in [-0.39, 0.29) is 48.2 Å². The molecule has 5 atom stereocenters. The minimum atomic E-state index is -0.884. The molecule has 8 nitrogen and oxygen atoms in total. The first-order chi connectivity index (χ1) is 18.8. The molecule has 0 aromatic heterocycles. The topological polar surface area (TPSA) is 119 Å². The SMILES string of the molecule is CC(C)[C@H](C[C@H](O)[C@@H](N)CN1CC(=O)N(c2ccccc2Cl)CC1(C)C)C(=O)NC1[C@H]2CC3C[C@H]1CC(O)(C3)C2. The first kappa shape index (κ1) is 29.8. The second-order valence-electron chi connectivity index (χ2n) is 14.2. The summed E-state index contributed by atoms with van der Waals surface area (Å²) in [6.45, 7) is 9.12. The summed E-state index contributed by atoms with van der Waals surface area (Å²) >= 11 is 6.38. The van der Waals surface area contributed by atoms with E-state index < -0.39 is 17.7 Å². The Bertz CT molecular complexity index is 1100. The van der Waals surface area contributed by atoms with Gasteiger partial charge in [0.05, 0.1) is 29.0 Å². The summed E-state index contributed by atoms with van der Waals surface area (Å²) in [5.41, 5.74) is 6.31. The third-order valence-electron chi connectivity index (χ3n) is 10.3. The van der Waals surface area contributed by atoms with E-state index in [9.17, 15) is 19.8 Å². The number of nitrogens with one attached hydrogen (secondary N) is 1. The first-order valence-corrected chi connectivity index (χ1v) is 15.4. The fraction of sp³-hybridized carbons (Fsp3) is 0.742. The smallest absolute Gasteiger partial charge is 0.241 e. The number of hydrogen-bond donors (Lipinski definition) is 4. The van der Waals surface area contributed by atoms with Crippen LogP contribution in [0.15, 0.2) is 24.3 Å². The van der Waals surface area contributed by atoms with Crippen molar-refractivity contribution in [3.63, 3.8) is 0 Å². The quantitative estimate of drug-likeness (QED) is 0.360. The van der Waals surface area contributed by atoms with Gasteiger partial charge in [0.25, 0.3) is 0 Å². The molecule has 4 bridgehead atoms. The lowest BCUT2D eigenvalue weighted by Crippen LogP contribution is -2.64. The number of halogens is 1. The van der Waals surface area contributed by atoms with E-state index in [1.807, 2.05) is 36.9 Å². The summed E-state index contributed by atoms with van der Waals surface area (Å²) in [5.74, 6) is 0.851. The number of rotatable bonds is 9. The van der Waals surface area contributed by atoms with Crippen molar-refractivity contribution in [2.75, 3.05) is 24.5 Å². The van der Waals surface area contributed by atoms with Gasteiger partial charge in [0.15, 0.2) is 0 Å². The van der Waals surface area contributed by atoms with Gasteiger partial charge in [-0.3, -0.25) is 14.5 Å². The molecule has 1 aromatic carbocycles. The van der Waals surface area contributed by atoms with E-state index in [1.54, 1.807) is 11.0 Å². The molecule has 0 radical (unpaired) electrons. The number of aliphatic hydroxyl groups excluding tert-OH is 1. The van der Waals surface area contributed by atoms with Crippen molar-refractivity contribution in [1.29, 1.82) is 0 Å². The van der Waals surface area contributed by atoms with Crippen LogP contribution < -0.4 is 16.0 Å². The average molecular weight is 575 g/mol. The predicted molar refractivity (Wildman–Crippen MR) is 157 cm³/mol. The number of carbonyl (C=O) groups excluding carboxylic acids is 2. The predicted octanol–water partition coefficient (Wildman–Crippen LogP) is 3.17. The van der Waals surface area contributed by atoms with Gasteiger partial charge in [-0.2, -0.15) is 0 Å². The van der Waals surface area contributed by atoms with Crippen LogP contribution in [0.1, 0.15) is 66.2 Å². The molecule has 4 aliphatic carbocycles. The summed E-state index contributed by atoms with van der Waals surface area (Å²) in [6.07, 6.45) is 4.03. The number of piperazine rings is 1. The van der Waals surface area contributed by atoms with Crippen molar-refractivity contribution in [3.05, 3.63) is 29.3 Å². The van der Waals surface area contributed by atoms with Crippen molar-refractivity contribution in [2.45, 2.75) is 95.5 Å². The molecule has 0 unspecified atom stereocenters. The largest absolute Gasteiger partial charge is 0.391 e. The molecule has 0 spiro atoms. The highest BCUT2D eigenvalue weighted by atomic mass is 35.5. The van der Waals surface area contributed by atoms with Crippen molar-refractivity contribution in [2.24, 2.45) is 35.3 Å². The molecule has 4 saturated carbocycles. The van der Waals surface area contributed by atoms with Crippen LogP contribution in [0.25, 0.3) is 0 Å². The lowest BCUT2D eigenvalue weighted by atomic mass is 9.52. The number of nitrogens with two attached hydrogens (primary N) is 1. The molecule has 1 aromatic rings. The van der Waals surface area contributed by atoms with Gasteiger partial charge >= 0.3 is 0 Å². The van der Waals surface area contributed by atoms with Gasteiger partial charge in [-0.05, 0) is 88.2 Å². The number of para-hydroxylation sites is 1. The van der Waals surface area contributed by atoms with Crippen LogP contribution in [0.5, 0.6) is 0 Å². The number of carbonyl (C=O) groups is 2. The van der Waals surface area contributed by atoms with Gasteiger partial charge in [-0.15, -0.1) is 0 Å². The van der Waals surface area contributed by atoms with E-state index in [4.69, 9.17) is 17.3 Å². The molecule has 9 heteroatoms. The Hall–Kier alpha value is -1.71. The van der Waals surface area contributed by atoms with Crippen molar-refractivity contribution in [3.8, 4) is 0 Å². The second kappa shape index (κ2) is 11.2. The zero-order valence-corrected chi connectivity index (χ0v) is 25.1. The van der Waals surface area contributed by atoms with Crippen molar-refractivity contribution in [1.82, 2.24) is 10.2 Å². The Kier molecular flexibility index (Phi) is 8.32. The van der Waals surface area contributed by atoms with Crippen LogP contribution in [-0.2, 0) is 9.59 Å². The minimum Gasteiger partial charge on any atom is -0.391 e. The van der Waals surface area contributed by atoms with E-state index in [1.165, 1.54) is 0 Å². The zero-order valence-electron chi connectivity index (χ0n) is 24.4. The van der Waals surface area contributed by atoms with Gasteiger partial charge in [0.2, 0.25) is 11.8 Å². The summed E-state index contributed by atoms with van der Waals surface area (Å²) < 4.78 is 0. The standard InChI is InChI=1S/C31H47ClN4O4/c1-18(2)22(29(39)34-28-20-9-19-10-21(28)14-31(40,12-19)13-20)11-26(37)24(33)15-35-16-27(38)36(17-30(35,3)4)25-8-6-5-7-23(25)32/h5-8,18-22,24,26,28,37,40H,9-17,33H2,1-4H3,(H,34,39)/t19?,20-,21-,22-,24-,26-,28?,31?/m0/s1. The molecular formula is C31H47ClN4O4. The molecular weight excluding hydrogens is 528 g/mol. The molecule has 5 N–H and O–H groups in total. The molecule has 5 aliphatic rings. The van der Waals surface area contributed by atoms with Crippen molar-refractivity contribution < 1.29 is 19.8 Å². The average Bonchev–Trinajstić information content (AvgIpc) is 2.85. The second-order valence-corrected chi connectivity index (χ2v) is 14.6. The summed E-state index contributed by atoms with van der Waals surface area (Å²) in [7, 11) is 0. The van der Waals surface area contributed by atoms with Crippen LogP contribution in [-0.4, -0.2) is 75.9 Å². The van der Waals surface area contributed by atoms with Gasteiger partial charge in [-0.25, -0.2) is 0 Å². The summed E-state index contributed by atoms with van der Waals surface area (Å²) in [5, 5.41) is 26.0. The summed E-state index contributed by atoms with van der Waals surface area (Å²) in [6, 6.07) is 6.84. The van der Waals surface area contributed by atoms with E-state index in [0.29, 0.717) is 41.6 Å². The van der Waals surface area contributed by atoms with E-state index in [0.717, 1.165) is 32.1 Å². The van der Waals surface area contributed by atoms with Crippen LogP contribution in [0.4, 0.5) is 5.69 Å². The number of amides is 2. The monoisotopic (exact) mass is 574 g/mol. The third kappa shape index (κ3) is 5.93. The number of hydrogen-bond acceptors (Lipinski definition) is 6. The molecule has 2 amide bonds. The van der Waals surface area contributed by atoms with Crippen LogP contribution in [0.3, 0.4) is 0 Å². The summed E-state index contributed by atoms with van der Waals surface area (Å²) in [4.78, 5) is 30.4. The molecule has 40 heavy (non-hydrogen) atoms. The number of nitrogens with zero attached hydrogens (tertiary/aromatic N) is 2. The first-order valence-electron chi connectivity index (χ1n) is 15.0. The Morgan fingerprint density at radius 2 is 1.82 bits per heavy atom. The van der Waals surface area contributed by atoms with Gasteiger partial charge in [0.1, 0.15) is 0 Å². The molecule has 5 fully saturated rings. The van der Waals surface area contributed by atoms with Crippen LogP contribution in [0, 0.1) is 29.6 Å². The number of anilines is 1. The van der Waals surface area contributed by atoms with Gasteiger partial charge in [0, 0.05) is 36.6 Å². The Morgan fingerprint density at radius 1 is 1.18 bits per heavy atom. The third-order valence-corrected chi connectivity index (χ3v) is 10.6. The lowest BCUT2D eigenvalue weighted by Gasteiger charge is -2.58. The highest BCUT2D eigenvalue weighted by Crippen LogP contribution is 2.55. The zero-order chi connectivity index (χ0) is 29.0. The Balaban J connectivity index is 1.19. The van der Waals surface area contributed by atoms with E-state index in [2.05, 4.69) is 19.2 Å². The molecule has 1 heterocycles. The highest BCUT2D eigenvalue weighted by Gasteiger charge is 2.55. The maximum Gasteiger partial charge on any atom is 0.241 e. The Morgan fingerprint density at radius 3 is 2.42 bits per heavy atom. The maximum atomic E-state index is 13.6. The van der Waals surface area contributed by atoms with Crippen molar-refractivity contribution >= 4 is 29.1 Å². The highest BCUT2D eigenvalue weighted by molar-refractivity contribution is 6.33. The molecule has 6 rings (SSSR count). The Labute approximate surface area is 243 Å². The number of aliphatic hydroxyl groups is 2. The normalized spacial score (nSPS) is 33.7. The number of benzene rings is 1.